The zero-order chi connectivity index (χ0) is 14.1. The first kappa shape index (κ1) is 22.2. The van der Waals surface area contributed by atoms with Crippen LogP contribution in [0, 0.1) is 135 Å². The van der Waals surface area contributed by atoms with E-state index in [1.807, 2.05) is 96.3 Å². The second-order valence-electron chi connectivity index (χ2n) is 4.21. The average molecular weight is 426 g/mol. The molecule has 2 heteroatoms. The summed E-state index contributed by atoms with van der Waals surface area (Å²) in [7, 11) is 0. The molecule has 0 amide bonds. The maximum absolute atomic E-state index is 4.94. The predicted molar refractivity (Wildman–Crippen MR) is 84.6 cm³/mol. The van der Waals surface area contributed by atoms with Crippen LogP contribution in [0.5, 0.6) is 0 Å². The topological polar surface area (TPSA) is 9.23 Å². The van der Waals surface area contributed by atoms with Gasteiger partial charge in [-0.1, -0.05) is 0 Å². The zero-order valence-corrected chi connectivity index (χ0v) is 14.4. The molecule has 1 nitrogen and oxygen atoms in total. The number of hydrogen-bond acceptors (Lipinski definition) is 1. The Morgan fingerprint density at radius 2 is 0.571 bits per heavy atom. The number of hydrogen-bond donors (Lipinski definition) is 0. The minimum atomic E-state index is 0. The van der Waals surface area contributed by atoms with Crippen LogP contribution in [0.15, 0.2) is 0 Å². The average Bonchev–Trinajstić information content (AvgIpc) is 3.40. The molecule has 0 atom stereocenters. The van der Waals surface area contributed by atoms with Crippen molar-refractivity contribution in [2.24, 2.45) is 0 Å². The summed E-state index contributed by atoms with van der Waals surface area (Å²) in [5, 5.41) is 0. The third kappa shape index (κ3) is 17.4. The van der Waals surface area contributed by atoms with Gasteiger partial charge in [-0.15, -0.1) is 0 Å². The van der Waals surface area contributed by atoms with Gasteiger partial charge in [-0.25, -0.2) is 0 Å². The molecule has 0 N–H and O–H groups in total. The first-order valence-electron chi connectivity index (χ1n) is 7.08. The van der Waals surface area contributed by atoms with E-state index in [9.17, 15) is 0 Å². The van der Waals surface area contributed by atoms with E-state index in [0.717, 1.165) is 13.2 Å². The van der Waals surface area contributed by atoms with Crippen LogP contribution >= 0.6 is 0 Å². The van der Waals surface area contributed by atoms with Crippen LogP contribution in [0.4, 0.5) is 0 Å². The molecular weight excluding hydrogens is 403 g/mol. The van der Waals surface area contributed by atoms with E-state index in [2.05, 4.69) is 0 Å². The molecule has 0 aromatic carbocycles. The minimum absolute atomic E-state index is 0. The predicted octanol–water partition coefficient (Wildman–Crippen LogP) is 3.86. The Morgan fingerprint density at radius 3 is 0.667 bits per heavy atom. The van der Waals surface area contributed by atoms with E-state index in [-0.39, 0.29) is 38.6 Å². The SMILES string of the molecule is C1CCOC1.[CH]1[CH][CH][CH][CH]1.[CH]1[CH][CH][CH][CH]1.[CH]1[CH][CH][CH][CH]1.[Tb]. The maximum atomic E-state index is 4.94. The molecule has 0 aromatic heterocycles. The largest absolute Gasteiger partial charge is 0.381 e. The number of ether oxygens (including phenoxy) is 1. The molecule has 3 saturated carbocycles. The Labute approximate surface area is 164 Å². The van der Waals surface area contributed by atoms with Gasteiger partial charge in [0.1, 0.15) is 0 Å². The third-order valence-corrected chi connectivity index (χ3v) is 2.49. The van der Waals surface area contributed by atoms with Crippen molar-refractivity contribution in [1.29, 1.82) is 0 Å². The number of rotatable bonds is 0. The Kier molecular flexibility index (Phi) is 20.4. The van der Waals surface area contributed by atoms with Gasteiger partial charge in [-0.05, 0) is 109 Å². The fourth-order valence-electron chi connectivity index (χ4n) is 1.47. The van der Waals surface area contributed by atoms with Gasteiger partial charge in [0.25, 0.3) is 0 Å². The van der Waals surface area contributed by atoms with Crippen LogP contribution in [0.2, 0.25) is 0 Å². The summed E-state index contributed by atoms with van der Waals surface area (Å²) in [6.45, 7) is 2.00. The first-order valence-corrected chi connectivity index (χ1v) is 7.08. The standard InChI is InChI=1S/3C5H5.C4H8O.Tb/c4*1-2-4-5-3-1;/h3*1-5H;1-4H2;. The van der Waals surface area contributed by atoms with E-state index in [4.69, 9.17) is 4.74 Å². The molecule has 16 radical (unpaired) electrons. The van der Waals surface area contributed by atoms with Gasteiger partial charge in [0.05, 0.1) is 0 Å². The van der Waals surface area contributed by atoms with Crippen molar-refractivity contribution in [1.82, 2.24) is 0 Å². The van der Waals surface area contributed by atoms with Gasteiger partial charge in [0, 0.05) is 51.8 Å². The molecule has 1 heterocycles. The summed E-state index contributed by atoms with van der Waals surface area (Å²) >= 11 is 0. The molecule has 4 aliphatic rings. The fraction of sp³-hybridized carbons (Fsp3) is 0.211. The third-order valence-electron chi connectivity index (χ3n) is 2.49. The summed E-state index contributed by atoms with van der Waals surface area (Å²) in [4.78, 5) is 0. The van der Waals surface area contributed by atoms with Gasteiger partial charge in [0.15, 0.2) is 0 Å². The van der Waals surface area contributed by atoms with Crippen molar-refractivity contribution >= 4 is 0 Å². The van der Waals surface area contributed by atoms with E-state index in [1.54, 1.807) is 0 Å². The second kappa shape index (κ2) is 19.3. The summed E-state index contributed by atoms with van der Waals surface area (Å²) in [5.74, 6) is 0. The van der Waals surface area contributed by atoms with Crippen LogP contribution in [0.3, 0.4) is 0 Å². The molecule has 1 aliphatic heterocycles. The van der Waals surface area contributed by atoms with E-state index in [1.165, 1.54) is 12.8 Å². The summed E-state index contributed by atoms with van der Waals surface area (Å²) < 4.78 is 4.94. The van der Waals surface area contributed by atoms with Crippen LogP contribution in [0.1, 0.15) is 12.8 Å². The van der Waals surface area contributed by atoms with Crippen molar-refractivity contribution in [3.05, 3.63) is 96.3 Å². The van der Waals surface area contributed by atoms with Gasteiger partial charge >= 0.3 is 0 Å². The molecule has 4 rings (SSSR count). The molecule has 1 saturated heterocycles. The molecule has 0 aromatic rings. The summed E-state index contributed by atoms with van der Waals surface area (Å²) in [6.07, 6.45) is 32.6. The normalized spacial score (nSPS) is 22.9. The first-order chi connectivity index (χ1) is 10.0. The molecule has 0 bridgehead atoms. The van der Waals surface area contributed by atoms with Crippen molar-refractivity contribution in [3.63, 3.8) is 0 Å². The van der Waals surface area contributed by atoms with Gasteiger partial charge < -0.3 is 4.74 Å². The summed E-state index contributed by atoms with van der Waals surface area (Å²) in [5.41, 5.74) is 0. The van der Waals surface area contributed by atoms with Gasteiger partial charge in [-0.2, -0.15) is 0 Å². The smallest absolute Gasteiger partial charge is 0.0466 e. The molecule has 114 valence electrons. The Morgan fingerprint density at radius 1 is 0.381 bits per heavy atom. The van der Waals surface area contributed by atoms with Gasteiger partial charge in [0.2, 0.25) is 0 Å². The molecule has 4 fully saturated rings. The quantitative estimate of drug-likeness (QED) is 0.572. The molecule has 3 aliphatic carbocycles. The Bertz CT molecular complexity index is 98.0. The van der Waals surface area contributed by atoms with Crippen molar-refractivity contribution in [3.8, 4) is 0 Å². The van der Waals surface area contributed by atoms with Crippen LogP contribution in [0.25, 0.3) is 0 Å². The van der Waals surface area contributed by atoms with E-state index >= 15 is 0 Å². The van der Waals surface area contributed by atoms with Gasteiger partial charge in [-0.3, -0.25) is 0 Å². The molecule has 21 heavy (non-hydrogen) atoms. The van der Waals surface area contributed by atoms with Crippen LogP contribution in [-0.2, 0) is 4.74 Å². The maximum Gasteiger partial charge on any atom is 0.0466 e. The van der Waals surface area contributed by atoms with Crippen LogP contribution in [-0.4, -0.2) is 13.2 Å². The Balaban J connectivity index is 0.000000250. The molecule has 0 spiro atoms. The summed E-state index contributed by atoms with van der Waals surface area (Å²) in [6, 6.07) is 0. The van der Waals surface area contributed by atoms with Crippen molar-refractivity contribution in [2.45, 2.75) is 12.8 Å². The van der Waals surface area contributed by atoms with Crippen molar-refractivity contribution < 1.29 is 43.3 Å². The Hall–Kier alpha value is 1.25. The molecule has 0 unspecified atom stereocenters. The zero-order valence-electron chi connectivity index (χ0n) is 12.2. The van der Waals surface area contributed by atoms with E-state index in [0.29, 0.717) is 0 Å². The minimum Gasteiger partial charge on any atom is -0.381 e. The molecular formula is C19H23OTb. The second-order valence-corrected chi connectivity index (χ2v) is 4.21. The van der Waals surface area contributed by atoms with Crippen molar-refractivity contribution in [2.75, 3.05) is 13.2 Å². The fourth-order valence-corrected chi connectivity index (χ4v) is 1.47. The monoisotopic (exact) mass is 426 g/mol. The van der Waals surface area contributed by atoms with E-state index < -0.39 is 0 Å². The van der Waals surface area contributed by atoms with Crippen LogP contribution < -0.4 is 0 Å².